The molecular formula is C14H24N4O2. The summed E-state index contributed by atoms with van der Waals surface area (Å²) < 4.78 is 0. The number of carbonyl (C=O) groups is 1. The van der Waals surface area contributed by atoms with E-state index in [-0.39, 0.29) is 5.84 Å². The number of carbonyl (C=O) groups excluding carboxylic acids is 1. The zero-order chi connectivity index (χ0) is 14.1. The van der Waals surface area contributed by atoms with Crippen molar-refractivity contribution >= 4 is 11.7 Å². The molecule has 0 radical (unpaired) electrons. The molecule has 20 heavy (non-hydrogen) atoms. The topological polar surface area (TPSA) is 82.2 Å². The van der Waals surface area contributed by atoms with Crippen LogP contribution >= 0.6 is 0 Å². The van der Waals surface area contributed by atoms with E-state index < -0.39 is 0 Å². The SMILES string of the molecule is NC(CN1CCN(C(=O)C2C3CCCCC32)CC1)=NO. The van der Waals surface area contributed by atoms with Crippen LogP contribution < -0.4 is 5.73 Å². The molecule has 6 heteroatoms. The molecule has 1 heterocycles. The maximum absolute atomic E-state index is 12.5. The van der Waals surface area contributed by atoms with Crippen molar-refractivity contribution in [2.45, 2.75) is 25.7 Å². The predicted molar refractivity (Wildman–Crippen MR) is 75.4 cm³/mol. The summed E-state index contributed by atoms with van der Waals surface area (Å²) in [5.74, 6) is 2.31. The summed E-state index contributed by atoms with van der Waals surface area (Å²) in [6.45, 7) is 3.64. The van der Waals surface area contributed by atoms with Crippen LogP contribution in [0.5, 0.6) is 0 Å². The van der Waals surface area contributed by atoms with Gasteiger partial charge in [0, 0.05) is 32.1 Å². The summed E-state index contributed by atoms with van der Waals surface area (Å²) in [6, 6.07) is 0. The molecule has 1 saturated heterocycles. The Morgan fingerprint density at radius 3 is 2.30 bits per heavy atom. The Kier molecular flexibility index (Phi) is 3.83. The molecule has 0 aromatic heterocycles. The van der Waals surface area contributed by atoms with Crippen LogP contribution in [0.3, 0.4) is 0 Å². The monoisotopic (exact) mass is 280 g/mol. The minimum atomic E-state index is 0.234. The van der Waals surface area contributed by atoms with Crippen LogP contribution in [0.2, 0.25) is 0 Å². The highest BCUT2D eigenvalue weighted by Gasteiger charge is 2.55. The van der Waals surface area contributed by atoms with Gasteiger partial charge in [-0.3, -0.25) is 9.69 Å². The van der Waals surface area contributed by atoms with Gasteiger partial charge in [-0.15, -0.1) is 0 Å². The second kappa shape index (κ2) is 5.60. The molecule has 2 atom stereocenters. The first kappa shape index (κ1) is 13.7. The Hall–Kier alpha value is -1.30. The third-order valence-corrected chi connectivity index (χ3v) is 5.14. The lowest BCUT2D eigenvalue weighted by Gasteiger charge is -2.34. The number of fused-ring (bicyclic) bond motifs is 1. The number of nitrogens with zero attached hydrogens (tertiary/aromatic N) is 3. The van der Waals surface area contributed by atoms with Gasteiger partial charge in [-0.2, -0.15) is 0 Å². The van der Waals surface area contributed by atoms with E-state index in [0.717, 1.165) is 26.2 Å². The molecule has 3 N–H and O–H groups in total. The van der Waals surface area contributed by atoms with Crippen LogP contribution in [0.15, 0.2) is 5.16 Å². The summed E-state index contributed by atoms with van der Waals surface area (Å²) in [4.78, 5) is 16.7. The first-order valence-corrected chi connectivity index (χ1v) is 7.68. The highest BCUT2D eigenvalue weighted by atomic mass is 16.4. The van der Waals surface area contributed by atoms with Crippen molar-refractivity contribution in [1.82, 2.24) is 9.80 Å². The smallest absolute Gasteiger partial charge is 0.226 e. The highest BCUT2D eigenvalue weighted by Crippen LogP contribution is 2.56. The molecule has 3 rings (SSSR count). The molecule has 0 aromatic carbocycles. The molecule has 0 bridgehead atoms. The number of amidine groups is 1. The number of rotatable bonds is 3. The zero-order valence-electron chi connectivity index (χ0n) is 11.9. The lowest BCUT2D eigenvalue weighted by Crippen LogP contribution is -2.51. The van der Waals surface area contributed by atoms with E-state index in [1.54, 1.807) is 0 Å². The average Bonchev–Trinajstić information content (AvgIpc) is 3.21. The molecule has 1 amide bonds. The number of hydrogen-bond donors (Lipinski definition) is 2. The lowest BCUT2D eigenvalue weighted by molar-refractivity contribution is -0.134. The van der Waals surface area contributed by atoms with Gasteiger partial charge in [0.25, 0.3) is 0 Å². The van der Waals surface area contributed by atoms with Gasteiger partial charge in [0.1, 0.15) is 0 Å². The fourth-order valence-corrected chi connectivity index (χ4v) is 3.96. The van der Waals surface area contributed by atoms with Gasteiger partial charge >= 0.3 is 0 Å². The van der Waals surface area contributed by atoms with E-state index in [4.69, 9.17) is 10.9 Å². The fraction of sp³-hybridized carbons (Fsp3) is 0.857. The van der Waals surface area contributed by atoms with E-state index >= 15 is 0 Å². The minimum Gasteiger partial charge on any atom is -0.409 e. The molecule has 3 aliphatic rings. The van der Waals surface area contributed by atoms with Gasteiger partial charge in [-0.25, -0.2) is 0 Å². The molecule has 2 saturated carbocycles. The van der Waals surface area contributed by atoms with Crippen LogP contribution in [-0.2, 0) is 4.79 Å². The average molecular weight is 280 g/mol. The van der Waals surface area contributed by atoms with E-state index in [1.165, 1.54) is 25.7 Å². The van der Waals surface area contributed by atoms with Crippen molar-refractivity contribution in [3.8, 4) is 0 Å². The Balaban J connectivity index is 1.47. The first-order chi connectivity index (χ1) is 9.70. The number of piperazine rings is 1. The van der Waals surface area contributed by atoms with Gasteiger partial charge in [0.05, 0.1) is 6.54 Å². The van der Waals surface area contributed by atoms with Gasteiger partial charge in [0.2, 0.25) is 5.91 Å². The highest BCUT2D eigenvalue weighted by molar-refractivity contribution is 5.83. The second-order valence-electron chi connectivity index (χ2n) is 6.33. The van der Waals surface area contributed by atoms with Gasteiger partial charge in [0.15, 0.2) is 5.84 Å². The van der Waals surface area contributed by atoms with Gasteiger partial charge in [-0.05, 0) is 24.7 Å². The second-order valence-corrected chi connectivity index (χ2v) is 6.33. The van der Waals surface area contributed by atoms with E-state index in [9.17, 15) is 4.79 Å². The van der Waals surface area contributed by atoms with Gasteiger partial charge < -0.3 is 15.8 Å². The number of hydrogen-bond acceptors (Lipinski definition) is 4. The molecule has 0 aromatic rings. The van der Waals surface area contributed by atoms with Gasteiger partial charge in [-0.1, -0.05) is 18.0 Å². The first-order valence-electron chi connectivity index (χ1n) is 7.68. The van der Waals surface area contributed by atoms with Crippen LogP contribution in [0.25, 0.3) is 0 Å². The quantitative estimate of drug-likeness (QED) is 0.337. The van der Waals surface area contributed by atoms with Crippen LogP contribution in [0, 0.1) is 17.8 Å². The molecule has 2 aliphatic carbocycles. The Bertz CT molecular complexity index is 392. The zero-order valence-corrected chi connectivity index (χ0v) is 11.9. The molecular weight excluding hydrogens is 256 g/mol. The van der Waals surface area contributed by atoms with E-state index in [0.29, 0.717) is 30.2 Å². The standard InChI is InChI=1S/C14H24N4O2/c15-12(16-20)9-17-5-7-18(8-6-17)14(19)13-10-3-1-2-4-11(10)13/h10-11,13,20H,1-9H2,(H2,15,16). The summed E-state index contributed by atoms with van der Waals surface area (Å²) >= 11 is 0. The summed E-state index contributed by atoms with van der Waals surface area (Å²) in [5, 5.41) is 11.6. The van der Waals surface area contributed by atoms with Crippen LogP contribution in [-0.4, -0.2) is 59.5 Å². The summed E-state index contributed by atoms with van der Waals surface area (Å²) in [6.07, 6.45) is 5.12. The third kappa shape index (κ3) is 2.61. The minimum absolute atomic E-state index is 0.234. The molecule has 0 spiro atoms. The Labute approximate surface area is 119 Å². The van der Waals surface area contributed by atoms with Crippen molar-refractivity contribution in [2.75, 3.05) is 32.7 Å². The molecule has 3 fully saturated rings. The lowest BCUT2D eigenvalue weighted by atomic mass is 10.0. The summed E-state index contributed by atoms with van der Waals surface area (Å²) in [7, 11) is 0. The maximum atomic E-state index is 12.5. The van der Waals surface area contributed by atoms with Crippen molar-refractivity contribution < 1.29 is 10.0 Å². The van der Waals surface area contributed by atoms with Crippen molar-refractivity contribution in [3.05, 3.63) is 0 Å². The Morgan fingerprint density at radius 1 is 1.15 bits per heavy atom. The number of nitrogens with two attached hydrogens (primary N) is 1. The van der Waals surface area contributed by atoms with E-state index in [2.05, 4.69) is 10.1 Å². The maximum Gasteiger partial charge on any atom is 0.226 e. The van der Waals surface area contributed by atoms with Crippen LogP contribution in [0.1, 0.15) is 25.7 Å². The number of oxime groups is 1. The molecule has 1 aliphatic heterocycles. The molecule has 2 unspecified atom stereocenters. The molecule has 112 valence electrons. The van der Waals surface area contributed by atoms with Crippen molar-refractivity contribution in [1.29, 1.82) is 0 Å². The third-order valence-electron chi connectivity index (χ3n) is 5.14. The fourth-order valence-electron chi connectivity index (χ4n) is 3.96. The van der Waals surface area contributed by atoms with Crippen LogP contribution in [0.4, 0.5) is 0 Å². The Morgan fingerprint density at radius 2 is 1.75 bits per heavy atom. The van der Waals surface area contributed by atoms with Crippen molar-refractivity contribution in [2.24, 2.45) is 28.6 Å². The molecule has 6 nitrogen and oxygen atoms in total. The predicted octanol–water partition coefficient (Wildman–Crippen LogP) is 0.313. The van der Waals surface area contributed by atoms with E-state index in [1.807, 2.05) is 4.90 Å². The normalized spacial score (nSPS) is 34.7. The van der Waals surface area contributed by atoms with Crippen molar-refractivity contribution in [3.63, 3.8) is 0 Å². The largest absolute Gasteiger partial charge is 0.409 e. The summed E-state index contributed by atoms with van der Waals surface area (Å²) in [5.41, 5.74) is 5.51. The number of amides is 1.